The van der Waals surface area contributed by atoms with Gasteiger partial charge >= 0.3 is 0 Å². The molecule has 0 radical (unpaired) electrons. The lowest BCUT2D eigenvalue weighted by Gasteiger charge is -2.22. The van der Waals surface area contributed by atoms with Crippen LogP contribution in [0, 0.1) is 0 Å². The Bertz CT molecular complexity index is 1130. The molecule has 1 aliphatic rings. The minimum atomic E-state index is -0.417. The average Bonchev–Trinajstić information content (AvgIpc) is 3.25. The SMILES string of the molecule is COc1ccc(C2=NN(C(=O)c3cc(OC)ccc3O)C(c3ccc(Cl)cc3)C2)cc1. The van der Waals surface area contributed by atoms with E-state index in [1.54, 1.807) is 25.3 Å². The maximum Gasteiger partial charge on any atom is 0.278 e. The molecule has 0 fully saturated rings. The smallest absolute Gasteiger partial charge is 0.278 e. The van der Waals surface area contributed by atoms with Gasteiger partial charge in [0.05, 0.1) is 31.5 Å². The van der Waals surface area contributed by atoms with Crippen LogP contribution in [0.15, 0.2) is 71.8 Å². The van der Waals surface area contributed by atoms with Crippen molar-refractivity contribution in [3.8, 4) is 17.2 Å². The maximum atomic E-state index is 13.4. The Morgan fingerprint density at radius 2 is 1.65 bits per heavy atom. The molecule has 0 saturated heterocycles. The van der Waals surface area contributed by atoms with Crippen LogP contribution in [-0.2, 0) is 0 Å². The van der Waals surface area contributed by atoms with Gasteiger partial charge in [0.2, 0.25) is 0 Å². The highest BCUT2D eigenvalue weighted by Crippen LogP contribution is 2.36. The Morgan fingerprint density at radius 3 is 2.29 bits per heavy atom. The van der Waals surface area contributed by atoms with Crippen LogP contribution in [0.2, 0.25) is 5.02 Å². The number of hydrogen-bond donors (Lipinski definition) is 1. The zero-order valence-electron chi connectivity index (χ0n) is 17.1. The third-order valence-corrected chi connectivity index (χ3v) is 5.48. The molecule has 3 aromatic rings. The molecule has 0 aliphatic carbocycles. The largest absolute Gasteiger partial charge is 0.507 e. The van der Waals surface area contributed by atoms with Gasteiger partial charge in [-0.05, 0) is 65.7 Å². The van der Waals surface area contributed by atoms with Crippen molar-refractivity contribution in [3.05, 3.63) is 88.4 Å². The van der Waals surface area contributed by atoms with Crippen molar-refractivity contribution in [1.82, 2.24) is 5.01 Å². The van der Waals surface area contributed by atoms with Crippen molar-refractivity contribution in [1.29, 1.82) is 0 Å². The topological polar surface area (TPSA) is 71.4 Å². The summed E-state index contributed by atoms with van der Waals surface area (Å²) in [4.78, 5) is 13.4. The molecular weight excluding hydrogens is 416 g/mol. The Kier molecular flexibility index (Phi) is 5.82. The van der Waals surface area contributed by atoms with Gasteiger partial charge in [-0.15, -0.1) is 0 Å². The molecule has 1 amide bonds. The van der Waals surface area contributed by atoms with E-state index in [-0.39, 0.29) is 17.4 Å². The quantitative estimate of drug-likeness (QED) is 0.607. The van der Waals surface area contributed by atoms with Gasteiger partial charge in [0.15, 0.2) is 0 Å². The molecule has 1 heterocycles. The third kappa shape index (κ3) is 4.20. The average molecular weight is 437 g/mol. The summed E-state index contributed by atoms with van der Waals surface area (Å²) in [6, 6.07) is 19.1. The van der Waals surface area contributed by atoms with E-state index >= 15 is 0 Å². The van der Waals surface area contributed by atoms with E-state index in [4.69, 9.17) is 21.1 Å². The molecule has 0 aromatic heterocycles. The number of rotatable bonds is 5. The lowest BCUT2D eigenvalue weighted by Crippen LogP contribution is -2.27. The van der Waals surface area contributed by atoms with Crippen LogP contribution in [0.1, 0.15) is 33.9 Å². The van der Waals surface area contributed by atoms with Crippen molar-refractivity contribution in [2.24, 2.45) is 5.10 Å². The second-order valence-electron chi connectivity index (χ2n) is 7.08. The van der Waals surface area contributed by atoms with Gasteiger partial charge in [-0.3, -0.25) is 4.79 Å². The number of phenolic OH excluding ortho intramolecular Hbond substituents is 1. The molecule has 6 nitrogen and oxygen atoms in total. The van der Waals surface area contributed by atoms with E-state index < -0.39 is 5.91 Å². The van der Waals surface area contributed by atoms with Gasteiger partial charge in [0, 0.05) is 11.4 Å². The fourth-order valence-electron chi connectivity index (χ4n) is 3.54. The summed E-state index contributed by atoms with van der Waals surface area (Å²) in [5.74, 6) is 0.669. The molecule has 158 valence electrons. The molecule has 1 aliphatic heterocycles. The fourth-order valence-corrected chi connectivity index (χ4v) is 3.66. The molecule has 3 aromatic carbocycles. The van der Waals surface area contributed by atoms with E-state index in [1.807, 2.05) is 36.4 Å². The molecular formula is C24H21ClN2O4. The predicted molar refractivity (Wildman–Crippen MR) is 119 cm³/mol. The second-order valence-corrected chi connectivity index (χ2v) is 7.52. The van der Waals surface area contributed by atoms with Crippen LogP contribution in [0.5, 0.6) is 17.2 Å². The van der Waals surface area contributed by atoms with Crippen molar-refractivity contribution >= 4 is 23.2 Å². The number of hydrazone groups is 1. The van der Waals surface area contributed by atoms with Gasteiger partial charge in [-0.25, -0.2) is 5.01 Å². The summed E-state index contributed by atoms with van der Waals surface area (Å²) in [5, 5.41) is 17.0. The molecule has 0 saturated carbocycles. The standard InChI is InChI=1S/C24H21ClN2O4/c1-30-18-9-5-15(6-10-18)21-14-22(16-3-7-17(25)8-4-16)27(26-21)24(29)20-13-19(31-2)11-12-23(20)28/h3-13,22,28H,14H2,1-2H3. The molecule has 4 rings (SSSR count). The van der Waals surface area contributed by atoms with Crippen LogP contribution >= 0.6 is 11.6 Å². The molecule has 1 N–H and O–H groups in total. The van der Waals surface area contributed by atoms with Gasteiger partial charge < -0.3 is 14.6 Å². The summed E-state index contributed by atoms with van der Waals surface area (Å²) in [5.41, 5.74) is 2.67. The summed E-state index contributed by atoms with van der Waals surface area (Å²) in [6.45, 7) is 0. The minimum absolute atomic E-state index is 0.123. The number of carbonyl (C=O) groups excluding carboxylic acids is 1. The number of ether oxygens (including phenoxy) is 2. The van der Waals surface area contributed by atoms with Crippen molar-refractivity contribution in [2.45, 2.75) is 12.5 Å². The van der Waals surface area contributed by atoms with E-state index in [0.29, 0.717) is 17.2 Å². The Labute approximate surface area is 185 Å². The summed E-state index contributed by atoms with van der Waals surface area (Å²) in [7, 11) is 3.12. The van der Waals surface area contributed by atoms with Crippen molar-refractivity contribution in [2.75, 3.05) is 14.2 Å². The van der Waals surface area contributed by atoms with Crippen LogP contribution in [-0.4, -0.2) is 36.0 Å². The highest BCUT2D eigenvalue weighted by atomic mass is 35.5. The van der Waals surface area contributed by atoms with Gasteiger partial charge in [0.1, 0.15) is 17.2 Å². The molecule has 0 spiro atoms. The highest BCUT2D eigenvalue weighted by molar-refractivity contribution is 6.30. The third-order valence-electron chi connectivity index (χ3n) is 5.23. The first-order chi connectivity index (χ1) is 15.0. The lowest BCUT2D eigenvalue weighted by molar-refractivity contribution is 0.0707. The Morgan fingerprint density at radius 1 is 1.00 bits per heavy atom. The zero-order valence-corrected chi connectivity index (χ0v) is 17.8. The van der Waals surface area contributed by atoms with Crippen molar-refractivity contribution < 1.29 is 19.4 Å². The van der Waals surface area contributed by atoms with Crippen LogP contribution in [0.3, 0.4) is 0 Å². The van der Waals surface area contributed by atoms with E-state index in [0.717, 1.165) is 22.6 Å². The van der Waals surface area contributed by atoms with Crippen LogP contribution < -0.4 is 9.47 Å². The summed E-state index contributed by atoms with van der Waals surface area (Å²) >= 11 is 6.05. The molecule has 1 unspecified atom stereocenters. The zero-order chi connectivity index (χ0) is 22.0. The Balaban J connectivity index is 1.74. The number of hydrogen-bond acceptors (Lipinski definition) is 5. The molecule has 31 heavy (non-hydrogen) atoms. The van der Waals surface area contributed by atoms with E-state index in [2.05, 4.69) is 5.10 Å². The monoisotopic (exact) mass is 436 g/mol. The lowest BCUT2D eigenvalue weighted by atomic mass is 9.98. The molecule has 7 heteroatoms. The number of methoxy groups -OCH3 is 2. The number of benzene rings is 3. The first-order valence-corrected chi connectivity index (χ1v) is 10.1. The second kappa shape index (κ2) is 8.70. The number of halogens is 1. The number of aromatic hydroxyl groups is 1. The van der Waals surface area contributed by atoms with Gasteiger partial charge in [0.25, 0.3) is 5.91 Å². The Hall–Kier alpha value is -3.51. The minimum Gasteiger partial charge on any atom is -0.507 e. The molecule has 1 atom stereocenters. The highest BCUT2D eigenvalue weighted by Gasteiger charge is 2.34. The first kappa shape index (κ1) is 20.8. The summed E-state index contributed by atoms with van der Waals surface area (Å²) in [6.07, 6.45) is 0.518. The number of nitrogens with zero attached hydrogens (tertiary/aromatic N) is 2. The van der Waals surface area contributed by atoms with Crippen LogP contribution in [0.25, 0.3) is 0 Å². The first-order valence-electron chi connectivity index (χ1n) is 9.68. The number of phenols is 1. The van der Waals surface area contributed by atoms with Crippen molar-refractivity contribution in [3.63, 3.8) is 0 Å². The summed E-state index contributed by atoms with van der Waals surface area (Å²) < 4.78 is 10.4. The number of amides is 1. The maximum absolute atomic E-state index is 13.4. The van der Waals surface area contributed by atoms with Gasteiger partial charge in [-0.2, -0.15) is 5.10 Å². The molecule has 0 bridgehead atoms. The fraction of sp³-hybridized carbons (Fsp3) is 0.167. The van der Waals surface area contributed by atoms with Crippen LogP contribution in [0.4, 0.5) is 0 Å². The van der Waals surface area contributed by atoms with E-state index in [9.17, 15) is 9.90 Å². The van der Waals surface area contributed by atoms with Gasteiger partial charge in [-0.1, -0.05) is 23.7 Å². The normalized spacial score (nSPS) is 15.5. The number of carbonyl (C=O) groups is 1. The van der Waals surface area contributed by atoms with E-state index in [1.165, 1.54) is 24.3 Å². The predicted octanol–water partition coefficient (Wildman–Crippen LogP) is 5.05.